The number of rotatable bonds is 5. The van der Waals surface area contributed by atoms with Crippen LogP contribution in [-0.4, -0.2) is 42.0 Å². The third kappa shape index (κ3) is 5.69. The fourth-order valence-corrected chi connectivity index (χ4v) is 1.89. The van der Waals surface area contributed by atoms with Gasteiger partial charge in [-0.25, -0.2) is 0 Å². The number of piperidine rings is 1. The molecule has 1 aliphatic heterocycles. The standard InChI is InChI=1S/C10H19N3OS/c11-9(15)8-10(14)12-4-7-13-5-2-1-3-6-13/h1-8H2,(H2,11,15)(H,12,14). The molecular weight excluding hydrogens is 210 g/mol. The average molecular weight is 229 g/mol. The smallest absolute Gasteiger partial charge is 0.226 e. The Morgan fingerprint density at radius 2 is 2.00 bits per heavy atom. The SMILES string of the molecule is NC(=S)CC(=O)NCCN1CCCCC1. The van der Waals surface area contributed by atoms with Crippen molar-refractivity contribution in [1.82, 2.24) is 10.2 Å². The molecule has 4 nitrogen and oxygen atoms in total. The minimum atomic E-state index is -0.0699. The first-order valence-corrected chi connectivity index (χ1v) is 5.86. The summed E-state index contributed by atoms with van der Waals surface area (Å²) in [6.45, 7) is 3.95. The summed E-state index contributed by atoms with van der Waals surface area (Å²) in [6, 6.07) is 0. The molecule has 0 unspecified atom stereocenters. The normalized spacial score (nSPS) is 17.3. The van der Waals surface area contributed by atoms with Gasteiger partial charge < -0.3 is 16.0 Å². The number of likely N-dealkylation sites (tertiary alicyclic amines) is 1. The zero-order valence-electron chi connectivity index (χ0n) is 9.00. The molecule has 0 radical (unpaired) electrons. The molecule has 0 aliphatic carbocycles. The summed E-state index contributed by atoms with van der Waals surface area (Å²) in [5, 5.41) is 2.81. The second kappa shape index (κ2) is 6.74. The number of amides is 1. The highest BCUT2D eigenvalue weighted by Gasteiger charge is 2.09. The van der Waals surface area contributed by atoms with E-state index in [1.54, 1.807) is 0 Å². The Hall–Kier alpha value is -0.680. The molecule has 1 saturated heterocycles. The largest absolute Gasteiger partial charge is 0.393 e. The molecule has 0 aromatic carbocycles. The molecule has 1 aliphatic rings. The highest BCUT2D eigenvalue weighted by molar-refractivity contribution is 7.80. The second-order valence-electron chi connectivity index (χ2n) is 3.90. The van der Waals surface area contributed by atoms with Gasteiger partial charge in [0, 0.05) is 13.1 Å². The molecule has 1 rings (SSSR count). The van der Waals surface area contributed by atoms with Crippen LogP contribution in [0.5, 0.6) is 0 Å². The first-order chi connectivity index (χ1) is 7.18. The zero-order chi connectivity index (χ0) is 11.1. The summed E-state index contributed by atoms with van der Waals surface area (Å²) in [5.41, 5.74) is 5.27. The Morgan fingerprint density at radius 1 is 1.33 bits per heavy atom. The lowest BCUT2D eigenvalue weighted by atomic mass is 10.1. The van der Waals surface area contributed by atoms with Crippen LogP contribution in [0, 0.1) is 0 Å². The number of nitrogens with two attached hydrogens (primary N) is 1. The van der Waals surface area contributed by atoms with Crippen molar-refractivity contribution in [1.29, 1.82) is 0 Å². The molecule has 1 amide bonds. The van der Waals surface area contributed by atoms with Crippen molar-refractivity contribution in [2.24, 2.45) is 5.73 Å². The highest BCUT2D eigenvalue weighted by atomic mass is 32.1. The van der Waals surface area contributed by atoms with Gasteiger partial charge in [0.25, 0.3) is 0 Å². The average Bonchev–Trinajstić information content (AvgIpc) is 2.18. The number of nitrogens with one attached hydrogen (secondary N) is 1. The van der Waals surface area contributed by atoms with E-state index in [4.69, 9.17) is 5.73 Å². The molecule has 15 heavy (non-hydrogen) atoms. The van der Waals surface area contributed by atoms with Crippen LogP contribution in [0.4, 0.5) is 0 Å². The monoisotopic (exact) mass is 229 g/mol. The van der Waals surface area contributed by atoms with Gasteiger partial charge in [0.15, 0.2) is 0 Å². The number of hydrogen-bond acceptors (Lipinski definition) is 3. The molecule has 0 aromatic rings. The predicted octanol–water partition coefficient (Wildman–Crippen LogP) is 0.265. The van der Waals surface area contributed by atoms with Crippen molar-refractivity contribution in [3.63, 3.8) is 0 Å². The van der Waals surface area contributed by atoms with E-state index in [1.807, 2.05) is 0 Å². The summed E-state index contributed by atoms with van der Waals surface area (Å²) in [7, 11) is 0. The molecule has 1 fully saturated rings. The Kier molecular flexibility index (Phi) is 5.57. The third-order valence-electron chi connectivity index (χ3n) is 2.53. The molecule has 0 atom stereocenters. The van der Waals surface area contributed by atoms with Crippen molar-refractivity contribution in [2.45, 2.75) is 25.7 Å². The molecule has 5 heteroatoms. The maximum atomic E-state index is 11.2. The van der Waals surface area contributed by atoms with Crippen molar-refractivity contribution in [2.75, 3.05) is 26.2 Å². The van der Waals surface area contributed by atoms with Crippen LogP contribution in [0.2, 0.25) is 0 Å². The van der Waals surface area contributed by atoms with Crippen LogP contribution in [0.1, 0.15) is 25.7 Å². The minimum Gasteiger partial charge on any atom is -0.393 e. The highest BCUT2D eigenvalue weighted by Crippen LogP contribution is 2.07. The van der Waals surface area contributed by atoms with Crippen molar-refractivity contribution in [3.05, 3.63) is 0 Å². The van der Waals surface area contributed by atoms with Crippen molar-refractivity contribution >= 4 is 23.1 Å². The number of thiocarbonyl (C=S) groups is 1. The van der Waals surface area contributed by atoms with E-state index in [2.05, 4.69) is 22.4 Å². The van der Waals surface area contributed by atoms with E-state index < -0.39 is 0 Å². The summed E-state index contributed by atoms with van der Waals surface area (Å²) < 4.78 is 0. The first-order valence-electron chi connectivity index (χ1n) is 5.46. The zero-order valence-corrected chi connectivity index (χ0v) is 9.81. The molecule has 0 bridgehead atoms. The van der Waals surface area contributed by atoms with Crippen LogP contribution >= 0.6 is 12.2 Å². The molecule has 1 heterocycles. The number of carbonyl (C=O) groups is 1. The molecule has 0 spiro atoms. The molecule has 0 aromatic heterocycles. The molecule has 3 N–H and O–H groups in total. The Balaban J connectivity index is 2.04. The lowest BCUT2D eigenvalue weighted by Gasteiger charge is -2.26. The van der Waals surface area contributed by atoms with Crippen LogP contribution < -0.4 is 11.1 Å². The van der Waals surface area contributed by atoms with Gasteiger partial charge in [0.1, 0.15) is 0 Å². The fourth-order valence-electron chi connectivity index (χ4n) is 1.76. The van der Waals surface area contributed by atoms with E-state index in [0.717, 1.165) is 19.6 Å². The van der Waals surface area contributed by atoms with Crippen molar-refractivity contribution < 1.29 is 4.79 Å². The Labute approximate surface area is 96.2 Å². The third-order valence-corrected chi connectivity index (χ3v) is 2.68. The van der Waals surface area contributed by atoms with Crippen LogP contribution in [-0.2, 0) is 4.79 Å². The van der Waals surface area contributed by atoms with Gasteiger partial charge in [-0.1, -0.05) is 18.6 Å². The molecular formula is C10H19N3OS. The fraction of sp³-hybridized carbons (Fsp3) is 0.800. The minimum absolute atomic E-state index is 0.0699. The van der Waals surface area contributed by atoms with Crippen LogP contribution in [0.15, 0.2) is 0 Å². The van der Waals surface area contributed by atoms with Gasteiger partial charge in [-0.3, -0.25) is 4.79 Å². The van der Waals surface area contributed by atoms with Crippen LogP contribution in [0.25, 0.3) is 0 Å². The van der Waals surface area contributed by atoms with Gasteiger partial charge in [-0.05, 0) is 25.9 Å². The first kappa shape index (κ1) is 12.4. The summed E-state index contributed by atoms with van der Waals surface area (Å²) in [6.07, 6.45) is 4.06. The van der Waals surface area contributed by atoms with Gasteiger partial charge >= 0.3 is 0 Å². The summed E-state index contributed by atoms with van der Waals surface area (Å²) in [5.74, 6) is -0.0699. The quantitative estimate of drug-likeness (QED) is 0.664. The molecule has 0 saturated carbocycles. The molecule has 86 valence electrons. The number of carbonyl (C=O) groups excluding carboxylic acids is 1. The second-order valence-corrected chi connectivity index (χ2v) is 4.42. The van der Waals surface area contributed by atoms with Gasteiger partial charge in [0.2, 0.25) is 5.91 Å². The Morgan fingerprint density at radius 3 is 2.60 bits per heavy atom. The van der Waals surface area contributed by atoms with Crippen molar-refractivity contribution in [3.8, 4) is 0 Å². The predicted molar refractivity (Wildman–Crippen MR) is 64.7 cm³/mol. The van der Waals surface area contributed by atoms with Gasteiger partial charge in [0.05, 0.1) is 11.4 Å². The maximum absolute atomic E-state index is 11.2. The van der Waals surface area contributed by atoms with Gasteiger partial charge in [-0.2, -0.15) is 0 Å². The topological polar surface area (TPSA) is 58.4 Å². The number of nitrogens with zero attached hydrogens (tertiary/aromatic N) is 1. The lowest BCUT2D eigenvalue weighted by Crippen LogP contribution is -2.38. The Bertz CT molecular complexity index is 227. The van der Waals surface area contributed by atoms with E-state index in [-0.39, 0.29) is 17.3 Å². The van der Waals surface area contributed by atoms with Gasteiger partial charge in [-0.15, -0.1) is 0 Å². The lowest BCUT2D eigenvalue weighted by molar-refractivity contribution is -0.119. The van der Waals surface area contributed by atoms with Crippen LogP contribution in [0.3, 0.4) is 0 Å². The maximum Gasteiger partial charge on any atom is 0.226 e. The summed E-state index contributed by atoms with van der Waals surface area (Å²) >= 11 is 4.65. The summed E-state index contributed by atoms with van der Waals surface area (Å²) in [4.78, 5) is 13.8. The number of hydrogen-bond donors (Lipinski definition) is 2. The van der Waals surface area contributed by atoms with E-state index in [9.17, 15) is 4.79 Å². The van der Waals surface area contributed by atoms with E-state index in [1.165, 1.54) is 19.3 Å². The van der Waals surface area contributed by atoms with E-state index in [0.29, 0.717) is 6.54 Å². The van der Waals surface area contributed by atoms with E-state index >= 15 is 0 Å².